The molecule has 1 aromatic carbocycles. The minimum Gasteiger partial charge on any atom is -0.379 e. The Hall–Kier alpha value is -2.89. The first-order chi connectivity index (χ1) is 17.1. The van der Waals surface area contributed by atoms with Gasteiger partial charge in [0.2, 0.25) is 5.91 Å². The van der Waals surface area contributed by atoms with Crippen molar-refractivity contribution >= 4 is 40.7 Å². The molecule has 2 fully saturated rings. The predicted octanol–water partition coefficient (Wildman–Crippen LogP) is 2.83. The average Bonchev–Trinajstić information content (AvgIpc) is 3.63. The van der Waals surface area contributed by atoms with Crippen LogP contribution in [-0.2, 0) is 9.53 Å². The molecule has 1 unspecified atom stereocenters. The third kappa shape index (κ3) is 7.06. The lowest BCUT2D eigenvalue weighted by molar-refractivity contribution is -0.117. The number of hydrogen-bond acceptors (Lipinski definition) is 10. The fourth-order valence-electron chi connectivity index (χ4n) is 3.94. The van der Waals surface area contributed by atoms with Crippen molar-refractivity contribution in [2.45, 2.75) is 42.4 Å². The number of amides is 1. The summed E-state index contributed by atoms with van der Waals surface area (Å²) in [6.45, 7) is 7.24. The molecule has 1 aromatic heterocycles. The molecule has 10 nitrogen and oxygen atoms in total. The van der Waals surface area contributed by atoms with Crippen molar-refractivity contribution in [1.82, 2.24) is 20.3 Å². The zero-order valence-corrected chi connectivity index (χ0v) is 20.7. The lowest BCUT2D eigenvalue weighted by atomic mass is 10.2. The molecule has 3 aliphatic rings. The largest absolute Gasteiger partial charge is 0.379 e. The highest BCUT2D eigenvalue weighted by molar-refractivity contribution is 7.99. The molecule has 35 heavy (non-hydrogen) atoms. The molecule has 11 heteroatoms. The number of nitrogens with one attached hydrogen (secondary N) is 4. The van der Waals surface area contributed by atoms with Crippen LogP contribution in [0.3, 0.4) is 0 Å². The number of anilines is 3. The van der Waals surface area contributed by atoms with E-state index in [1.165, 1.54) is 11.8 Å². The van der Waals surface area contributed by atoms with Gasteiger partial charge in [0.25, 0.3) is 0 Å². The number of rotatable bonds is 10. The molecule has 186 valence electrons. The molecule has 1 amide bonds. The Morgan fingerprint density at radius 1 is 1.17 bits per heavy atom. The van der Waals surface area contributed by atoms with Crippen LogP contribution in [0.4, 0.5) is 17.3 Å². The van der Waals surface area contributed by atoms with Gasteiger partial charge in [0.1, 0.15) is 17.8 Å². The van der Waals surface area contributed by atoms with Crippen LogP contribution in [0.25, 0.3) is 0 Å². The summed E-state index contributed by atoms with van der Waals surface area (Å²) in [4.78, 5) is 24.9. The minimum atomic E-state index is 0.0123. The highest BCUT2D eigenvalue weighted by atomic mass is 32.2. The van der Waals surface area contributed by atoms with Crippen molar-refractivity contribution in [3.8, 4) is 0 Å². The normalized spacial score (nSPS) is 20.1. The van der Waals surface area contributed by atoms with Gasteiger partial charge in [-0.1, -0.05) is 0 Å². The Bertz CT molecular complexity index is 1050. The van der Waals surface area contributed by atoms with Crippen LogP contribution < -0.4 is 21.4 Å². The van der Waals surface area contributed by atoms with Crippen molar-refractivity contribution in [3.63, 3.8) is 0 Å². The lowest BCUT2D eigenvalue weighted by Crippen LogP contribution is -2.39. The second-order valence-electron chi connectivity index (χ2n) is 9.07. The maximum absolute atomic E-state index is 12.0. The van der Waals surface area contributed by atoms with E-state index in [4.69, 9.17) is 14.7 Å². The maximum atomic E-state index is 12.0. The molecule has 0 bridgehead atoms. The second kappa shape index (κ2) is 11.2. The van der Waals surface area contributed by atoms with Gasteiger partial charge in [-0.05, 0) is 55.8 Å². The number of ether oxygens (including phenoxy) is 1. The molecule has 1 atom stereocenters. The third-order valence-corrected chi connectivity index (χ3v) is 6.93. The summed E-state index contributed by atoms with van der Waals surface area (Å²) in [5.41, 5.74) is 4.97. The van der Waals surface area contributed by atoms with Crippen molar-refractivity contribution in [2.75, 3.05) is 55.3 Å². The van der Waals surface area contributed by atoms with Crippen LogP contribution in [0.15, 0.2) is 45.5 Å². The zero-order chi connectivity index (χ0) is 24.0. The van der Waals surface area contributed by atoms with Gasteiger partial charge in [-0.2, -0.15) is 5.10 Å². The van der Waals surface area contributed by atoms with Crippen LogP contribution >= 0.6 is 11.8 Å². The molecule has 0 spiro atoms. The maximum Gasteiger partial charge on any atom is 0.227 e. The number of hydrazone groups is 1. The summed E-state index contributed by atoms with van der Waals surface area (Å²) >= 11 is 1.49. The summed E-state index contributed by atoms with van der Waals surface area (Å²) in [7, 11) is 0. The van der Waals surface area contributed by atoms with Crippen molar-refractivity contribution in [2.24, 2.45) is 11.0 Å². The Morgan fingerprint density at radius 3 is 2.66 bits per heavy atom. The summed E-state index contributed by atoms with van der Waals surface area (Å²) < 4.78 is 5.43. The molecule has 5 rings (SSSR count). The highest BCUT2D eigenvalue weighted by Crippen LogP contribution is 2.31. The van der Waals surface area contributed by atoms with Crippen molar-refractivity contribution < 1.29 is 9.53 Å². The first-order valence-electron chi connectivity index (χ1n) is 12.2. The molecule has 2 aromatic rings. The first kappa shape index (κ1) is 23.8. The Balaban J connectivity index is 1.24. The third-order valence-electron chi connectivity index (χ3n) is 6.06. The Morgan fingerprint density at radius 2 is 1.94 bits per heavy atom. The van der Waals surface area contributed by atoms with Crippen LogP contribution in [0.5, 0.6) is 0 Å². The van der Waals surface area contributed by atoms with E-state index < -0.39 is 0 Å². The number of carbonyl (C=O) groups excluding carboxylic acids is 1. The fraction of sp³-hybridized carbons (Fsp3) is 0.500. The van der Waals surface area contributed by atoms with Crippen LogP contribution in [0.1, 0.15) is 26.2 Å². The number of hydrogen-bond donors (Lipinski definition) is 4. The quantitative estimate of drug-likeness (QED) is 0.369. The zero-order valence-electron chi connectivity index (χ0n) is 19.9. The molecular formula is C24H32N8O2S. The number of aromatic nitrogens is 2. The van der Waals surface area contributed by atoms with E-state index in [0.29, 0.717) is 5.16 Å². The minimum absolute atomic E-state index is 0.0123. The molecular weight excluding hydrogens is 464 g/mol. The van der Waals surface area contributed by atoms with Crippen molar-refractivity contribution in [1.29, 1.82) is 0 Å². The van der Waals surface area contributed by atoms with Gasteiger partial charge in [0, 0.05) is 60.9 Å². The smallest absolute Gasteiger partial charge is 0.227 e. The van der Waals surface area contributed by atoms with E-state index in [2.05, 4.69) is 31.4 Å². The van der Waals surface area contributed by atoms with Gasteiger partial charge >= 0.3 is 0 Å². The van der Waals surface area contributed by atoms with Gasteiger partial charge < -0.3 is 20.7 Å². The van der Waals surface area contributed by atoms with E-state index in [0.717, 1.165) is 86.6 Å². The van der Waals surface area contributed by atoms with Gasteiger partial charge in [-0.25, -0.2) is 9.97 Å². The van der Waals surface area contributed by atoms with E-state index in [9.17, 15) is 4.79 Å². The summed E-state index contributed by atoms with van der Waals surface area (Å²) in [6.07, 6.45) is 2.82. The Labute approximate surface area is 209 Å². The molecule has 3 heterocycles. The van der Waals surface area contributed by atoms with Crippen LogP contribution in [0, 0.1) is 5.92 Å². The summed E-state index contributed by atoms with van der Waals surface area (Å²) in [5, 5.41) is 14.8. The molecule has 2 aliphatic heterocycles. The molecule has 1 aliphatic carbocycles. The van der Waals surface area contributed by atoms with E-state index >= 15 is 0 Å². The first-order valence-corrected chi connectivity index (χ1v) is 13.0. The van der Waals surface area contributed by atoms with Crippen molar-refractivity contribution in [3.05, 3.63) is 30.3 Å². The van der Waals surface area contributed by atoms with E-state index in [1.807, 2.05) is 37.3 Å². The lowest BCUT2D eigenvalue weighted by Gasteiger charge is -2.26. The van der Waals surface area contributed by atoms with Gasteiger partial charge in [0.05, 0.1) is 13.2 Å². The SMILES string of the molecule is CC1=NNC(Nc2cc(NCCN3CCOCC3)nc(Sc3ccc(NC(=O)C4CC4)cc3)n2)C1. The number of benzene rings is 1. The molecule has 0 radical (unpaired) electrons. The molecule has 1 saturated carbocycles. The van der Waals surface area contributed by atoms with Crippen LogP contribution in [-0.4, -0.2) is 72.0 Å². The summed E-state index contributed by atoms with van der Waals surface area (Å²) in [5.74, 6) is 1.82. The van der Waals surface area contributed by atoms with E-state index in [1.54, 1.807) is 0 Å². The monoisotopic (exact) mass is 496 g/mol. The van der Waals surface area contributed by atoms with Gasteiger partial charge in [-0.3, -0.25) is 15.1 Å². The highest BCUT2D eigenvalue weighted by Gasteiger charge is 2.29. The summed E-state index contributed by atoms with van der Waals surface area (Å²) in [6, 6.07) is 9.76. The second-order valence-corrected chi connectivity index (χ2v) is 10.1. The molecule has 1 saturated heterocycles. The number of morpholine rings is 1. The van der Waals surface area contributed by atoms with Gasteiger partial charge in [-0.15, -0.1) is 0 Å². The van der Waals surface area contributed by atoms with Gasteiger partial charge in [0.15, 0.2) is 5.16 Å². The standard InChI is InChI=1S/C24H32N8O2S/c1-16-14-22(31-30-16)27-21-15-20(25-8-9-32-10-12-34-13-11-32)28-24(29-21)35-19-6-4-18(5-7-19)26-23(33)17-2-3-17/h4-7,15,17,22,31H,2-3,8-14H2,1H3,(H,26,33)(H2,25,27,28,29). The topological polar surface area (TPSA) is 116 Å². The average molecular weight is 497 g/mol. The van der Waals surface area contributed by atoms with E-state index in [-0.39, 0.29) is 18.0 Å². The van der Waals surface area contributed by atoms with Crippen LogP contribution in [0.2, 0.25) is 0 Å². The molecule has 4 N–H and O–H groups in total. The fourth-order valence-corrected chi connectivity index (χ4v) is 4.71. The number of nitrogens with zero attached hydrogens (tertiary/aromatic N) is 4. The Kier molecular flexibility index (Phi) is 7.65. The number of carbonyl (C=O) groups is 1. The predicted molar refractivity (Wildman–Crippen MR) is 138 cm³/mol.